The highest BCUT2D eigenvalue weighted by Crippen LogP contribution is 2.37. The van der Waals surface area contributed by atoms with E-state index in [0.717, 1.165) is 17.1 Å². The molecule has 214 valence electrons. The Bertz CT molecular complexity index is 1760. The van der Waals surface area contributed by atoms with E-state index in [1.165, 1.54) is 18.2 Å². The summed E-state index contributed by atoms with van der Waals surface area (Å²) in [6.07, 6.45) is 5.27. The number of aromatic nitrogens is 2. The van der Waals surface area contributed by atoms with Crippen LogP contribution in [0.4, 0.5) is 5.69 Å². The van der Waals surface area contributed by atoms with Gasteiger partial charge in [0.2, 0.25) is 0 Å². The van der Waals surface area contributed by atoms with Crippen LogP contribution in [0.15, 0.2) is 71.9 Å². The van der Waals surface area contributed by atoms with E-state index in [2.05, 4.69) is 10.3 Å². The van der Waals surface area contributed by atoms with Gasteiger partial charge in [0.05, 0.1) is 16.1 Å². The summed E-state index contributed by atoms with van der Waals surface area (Å²) in [5.41, 5.74) is 0.325. The average molecular weight is 616 g/mol. The molecule has 0 radical (unpaired) electrons. The van der Waals surface area contributed by atoms with Gasteiger partial charge >= 0.3 is 5.97 Å². The molecule has 1 unspecified atom stereocenters. The second kappa shape index (κ2) is 10.7. The maximum Gasteiger partial charge on any atom is 0.328 e. The number of aliphatic carboxylic acids is 1. The molecule has 2 aromatic carbocycles. The lowest BCUT2D eigenvalue weighted by atomic mass is 9.86. The number of hydrogen-bond donors (Lipinski definition) is 2. The Morgan fingerprint density at radius 2 is 1.73 bits per heavy atom. The van der Waals surface area contributed by atoms with Crippen molar-refractivity contribution in [2.24, 2.45) is 5.41 Å². The first kappa shape index (κ1) is 28.9. The van der Waals surface area contributed by atoms with E-state index in [0.29, 0.717) is 22.3 Å². The van der Waals surface area contributed by atoms with Crippen molar-refractivity contribution in [3.63, 3.8) is 0 Å². The summed E-state index contributed by atoms with van der Waals surface area (Å²) in [7, 11) is -4.44. The fourth-order valence-corrected chi connectivity index (χ4v) is 7.20. The molecule has 1 aliphatic carbocycles. The molecule has 0 spiro atoms. The minimum Gasteiger partial charge on any atom is -0.480 e. The number of sulfonamides is 1. The van der Waals surface area contributed by atoms with Crippen LogP contribution < -0.4 is 9.62 Å². The predicted molar refractivity (Wildman–Crippen MR) is 159 cm³/mol. The largest absolute Gasteiger partial charge is 0.480 e. The number of benzene rings is 2. The number of amides is 1. The summed E-state index contributed by atoms with van der Waals surface area (Å²) in [5, 5.41) is 14.1. The Balaban J connectivity index is 1.61. The number of hydrogen-bond acceptors (Lipinski definition) is 5. The number of carbonyl (C=O) groups excluding carboxylic acids is 1. The molecule has 1 fully saturated rings. The van der Waals surface area contributed by atoms with Crippen molar-refractivity contribution in [1.29, 1.82) is 0 Å². The number of pyridine rings is 1. The monoisotopic (exact) mass is 614 g/mol. The summed E-state index contributed by atoms with van der Waals surface area (Å²) in [6.45, 7) is 4.98. The average Bonchev–Trinajstić information content (AvgIpc) is 3.60. The molecule has 9 nitrogen and oxygen atoms in total. The molecule has 1 aliphatic rings. The maximum absolute atomic E-state index is 14.1. The minimum absolute atomic E-state index is 0.103. The maximum atomic E-state index is 14.1. The van der Waals surface area contributed by atoms with Gasteiger partial charge in [-0.3, -0.25) is 9.10 Å². The van der Waals surface area contributed by atoms with E-state index >= 15 is 0 Å². The lowest BCUT2D eigenvalue weighted by molar-refractivity contribution is -0.140. The van der Waals surface area contributed by atoms with Gasteiger partial charge < -0.3 is 15.0 Å². The number of halogens is 2. The van der Waals surface area contributed by atoms with E-state index in [1.807, 2.05) is 0 Å². The van der Waals surface area contributed by atoms with Crippen LogP contribution in [0.5, 0.6) is 0 Å². The molecule has 2 N–H and O–H groups in total. The van der Waals surface area contributed by atoms with E-state index < -0.39 is 27.4 Å². The zero-order chi connectivity index (χ0) is 29.7. The first-order valence-corrected chi connectivity index (χ1v) is 15.1. The van der Waals surface area contributed by atoms with Gasteiger partial charge in [0, 0.05) is 39.4 Å². The topological polar surface area (TPSA) is 122 Å². The van der Waals surface area contributed by atoms with Crippen LogP contribution in [0.2, 0.25) is 10.0 Å². The fourth-order valence-electron chi connectivity index (χ4n) is 4.69. The third-order valence-electron chi connectivity index (χ3n) is 6.78. The van der Waals surface area contributed by atoms with Gasteiger partial charge in [-0.15, -0.1) is 0 Å². The Morgan fingerprint density at radius 1 is 1.05 bits per heavy atom. The van der Waals surface area contributed by atoms with Crippen LogP contribution >= 0.6 is 23.2 Å². The molecule has 0 bridgehead atoms. The van der Waals surface area contributed by atoms with E-state index in [4.69, 9.17) is 23.2 Å². The molecule has 0 aliphatic heterocycles. The molecule has 4 aromatic rings. The third-order valence-corrected chi connectivity index (χ3v) is 8.98. The molecule has 5 rings (SSSR count). The van der Waals surface area contributed by atoms with Crippen molar-refractivity contribution >= 4 is 61.7 Å². The Labute approximate surface area is 247 Å². The molecule has 2 aromatic heterocycles. The van der Waals surface area contributed by atoms with Crippen LogP contribution in [0.1, 0.15) is 44.0 Å². The van der Waals surface area contributed by atoms with Crippen LogP contribution in [0.25, 0.3) is 16.7 Å². The van der Waals surface area contributed by atoms with Gasteiger partial charge in [-0.2, -0.15) is 0 Å². The second-order valence-electron chi connectivity index (χ2n) is 11.1. The van der Waals surface area contributed by atoms with E-state index in [1.54, 1.807) is 74.1 Å². The van der Waals surface area contributed by atoms with Crippen molar-refractivity contribution in [1.82, 2.24) is 14.9 Å². The van der Waals surface area contributed by atoms with Gasteiger partial charge in [-0.25, -0.2) is 18.2 Å². The quantitative estimate of drug-likeness (QED) is 0.254. The molecule has 1 atom stereocenters. The summed E-state index contributed by atoms with van der Waals surface area (Å²) in [5.74, 6) is -0.969. The number of carboxylic acid groups (broad SMARTS) is 1. The van der Waals surface area contributed by atoms with E-state index in [9.17, 15) is 23.1 Å². The first-order chi connectivity index (χ1) is 19.3. The zero-order valence-corrected chi connectivity index (χ0v) is 24.8. The molecule has 0 saturated heterocycles. The summed E-state index contributed by atoms with van der Waals surface area (Å²) >= 11 is 12.2. The highest BCUT2D eigenvalue weighted by Gasteiger charge is 2.43. The Morgan fingerprint density at radius 3 is 2.34 bits per heavy atom. The number of rotatable bonds is 8. The summed E-state index contributed by atoms with van der Waals surface area (Å²) in [4.78, 5) is 29.3. The summed E-state index contributed by atoms with van der Waals surface area (Å²) < 4.78 is 30.8. The highest BCUT2D eigenvalue weighted by atomic mass is 35.5. The minimum atomic E-state index is -4.44. The molecule has 12 heteroatoms. The van der Waals surface area contributed by atoms with Crippen LogP contribution in [0, 0.1) is 5.41 Å². The number of carboxylic acids is 1. The van der Waals surface area contributed by atoms with Gasteiger partial charge in [0.25, 0.3) is 15.9 Å². The van der Waals surface area contributed by atoms with Crippen molar-refractivity contribution in [3.05, 3.63) is 82.6 Å². The first-order valence-electron chi connectivity index (χ1n) is 12.9. The van der Waals surface area contributed by atoms with Crippen LogP contribution in [-0.4, -0.2) is 47.0 Å². The normalized spacial score (nSPS) is 14.6. The third kappa shape index (κ3) is 5.91. The number of nitrogens with zero attached hydrogens (tertiary/aromatic N) is 3. The molecule has 41 heavy (non-hydrogen) atoms. The zero-order valence-electron chi connectivity index (χ0n) is 22.5. The lowest BCUT2D eigenvalue weighted by Gasteiger charge is -2.37. The van der Waals surface area contributed by atoms with Crippen LogP contribution in [-0.2, 0) is 14.8 Å². The standard InChI is InChI=1S/C29H28Cl2N4O5S/c1-29(2,3)26(28(37)38)35(41(39,40)23-15-19(30)14-20(31)16-23)22-6-7-24-17(12-22)9-11-34(24)25-13-18(8-10-32-25)27(36)33-21-4-5-21/h6-16,21,26H,4-5H2,1-3H3,(H,33,36)(H,37,38). The molecule has 1 amide bonds. The Hall–Kier alpha value is -3.60. The van der Waals surface area contributed by atoms with Crippen molar-refractivity contribution in [2.75, 3.05) is 4.31 Å². The molecular formula is C29H28Cl2N4O5S. The van der Waals surface area contributed by atoms with Gasteiger partial charge in [-0.05, 0) is 72.9 Å². The predicted octanol–water partition coefficient (Wildman–Crippen LogP) is 5.92. The molecule has 2 heterocycles. The van der Waals surface area contributed by atoms with Gasteiger partial charge in [0.1, 0.15) is 11.9 Å². The smallest absolute Gasteiger partial charge is 0.328 e. The van der Waals surface area contributed by atoms with Crippen molar-refractivity contribution < 1.29 is 23.1 Å². The van der Waals surface area contributed by atoms with Crippen molar-refractivity contribution in [2.45, 2.75) is 50.6 Å². The lowest BCUT2D eigenvalue weighted by Crippen LogP contribution is -2.52. The van der Waals surface area contributed by atoms with Crippen molar-refractivity contribution in [3.8, 4) is 5.82 Å². The van der Waals surface area contributed by atoms with Crippen LogP contribution in [0.3, 0.4) is 0 Å². The second-order valence-corrected chi connectivity index (χ2v) is 13.8. The number of nitrogens with one attached hydrogen (secondary N) is 1. The van der Waals surface area contributed by atoms with E-state index in [-0.39, 0.29) is 32.6 Å². The number of carbonyl (C=O) groups is 2. The number of fused-ring (bicyclic) bond motifs is 1. The summed E-state index contributed by atoms with van der Waals surface area (Å²) in [6, 6.07) is 12.6. The fraction of sp³-hybridized carbons (Fsp3) is 0.276. The Kier molecular flexibility index (Phi) is 7.52. The number of anilines is 1. The molecular weight excluding hydrogens is 587 g/mol. The van der Waals surface area contributed by atoms with Gasteiger partial charge in [0.15, 0.2) is 0 Å². The SMILES string of the molecule is CC(C)(C)C(C(=O)O)N(c1ccc2c(ccn2-c2cc(C(=O)NC3CC3)ccn2)c1)S(=O)(=O)c1cc(Cl)cc(Cl)c1. The highest BCUT2D eigenvalue weighted by molar-refractivity contribution is 7.93. The molecule has 1 saturated carbocycles. The van der Waals surface area contributed by atoms with Gasteiger partial charge in [-0.1, -0.05) is 44.0 Å².